The Hall–Kier alpha value is -3.06. The molecule has 0 aliphatic heterocycles. The Bertz CT molecular complexity index is 1120. The maximum atomic E-state index is 12.5. The molecule has 0 aliphatic carbocycles. The van der Waals surface area contributed by atoms with Crippen LogP contribution in [0.1, 0.15) is 5.56 Å². The molecule has 118 valence electrons. The predicted molar refractivity (Wildman–Crippen MR) is 92.1 cm³/mol. The second-order valence-corrected chi connectivity index (χ2v) is 6.07. The smallest absolute Gasteiger partial charge is 0.291 e. The van der Waals surface area contributed by atoms with Crippen molar-refractivity contribution in [2.75, 3.05) is 7.11 Å². The highest BCUT2D eigenvalue weighted by molar-refractivity contribution is 7.15. The lowest BCUT2D eigenvalue weighted by atomic mass is 10.2. The normalized spacial score (nSPS) is 12.0. The maximum Gasteiger partial charge on any atom is 0.291 e. The first-order valence-electron chi connectivity index (χ1n) is 7.20. The third kappa shape index (κ3) is 2.55. The van der Waals surface area contributed by atoms with E-state index in [9.17, 15) is 4.79 Å². The molecule has 0 atom stereocenters. The summed E-state index contributed by atoms with van der Waals surface area (Å²) < 4.78 is 7.11. The molecule has 0 radical (unpaired) electrons. The van der Waals surface area contributed by atoms with Gasteiger partial charge in [-0.3, -0.25) is 9.78 Å². The number of pyridine rings is 1. The summed E-state index contributed by atoms with van der Waals surface area (Å²) in [5, 5.41) is 4.30. The van der Waals surface area contributed by atoms with Gasteiger partial charge in [-0.1, -0.05) is 23.5 Å². The number of fused-ring (bicyclic) bond motifs is 1. The maximum absolute atomic E-state index is 12.5. The van der Waals surface area contributed by atoms with E-state index in [0.29, 0.717) is 15.3 Å². The molecule has 0 N–H and O–H groups in total. The van der Waals surface area contributed by atoms with Crippen LogP contribution < -0.4 is 14.8 Å². The number of hydrogen-bond acceptors (Lipinski definition) is 6. The minimum absolute atomic E-state index is 0.180. The van der Waals surface area contributed by atoms with E-state index in [1.165, 1.54) is 15.9 Å². The first-order chi connectivity index (χ1) is 11.7. The molecule has 0 bridgehead atoms. The summed E-state index contributed by atoms with van der Waals surface area (Å²) in [7, 11) is 1.61. The number of nitrogens with zero attached hydrogens (tertiary/aromatic N) is 4. The van der Waals surface area contributed by atoms with Gasteiger partial charge in [0.25, 0.3) is 5.56 Å². The molecule has 0 spiro atoms. The standard InChI is InChI=1S/C17H12N4O2S/c1-23-13-6-2-4-11(8-13)9-14-16(22)21-17(24-14)19-15(20-21)12-5-3-7-18-10-12/h2-10H,1H3. The minimum atomic E-state index is -0.180. The molecule has 4 rings (SSSR count). The van der Waals surface area contributed by atoms with Crippen molar-refractivity contribution in [3.05, 3.63) is 69.2 Å². The van der Waals surface area contributed by atoms with E-state index >= 15 is 0 Å². The van der Waals surface area contributed by atoms with Crippen LogP contribution in [0.2, 0.25) is 0 Å². The molecule has 3 heterocycles. The molecule has 0 aliphatic rings. The number of methoxy groups -OCH3 is 1. The highest BCUT2D eigenvalue weighted by Gasteiger charge is 2.11. The zero-order chi connectivity index (χ0) is 16.5. The Kier molecular flexibility index (Phi) is 3.55. The van der Waals surface area contributed by atoms with Gasteiger partial charge in [-0.25, -0.2) is 0 Å². The summed E-state index contributed by atoms with van der Waals surface area (Å²) in [5.74, 6) is 1.24. The number of rotatable bonds is 3. The van der Waals surface area contributed by atoms with E-state index in [0.717, 1.165) is 16.9 Å². The average Bonchev–Trinajstić information content (AvgIpc) is 3.16. The molecule has 6 nitrogen and oxygen atoms in total. The largest absolute Gasteiger partial charge is 0.497 e. The van der Waals surface area contributed by atoms with E-state index in [4.69, 9.17) is 4.74 Å². The zero-order valence-corrected chi connectivity index (χ0v) is 13.5. The summed E-state index contributed by atoms with van der Waals surface area (Å²) in [6.45, 7) is 0. The van der Waals surface area contributed by atoms with Crippen LogP contribution in [-0.2, 0) is 0 Å². The molecule has 0 fully saturated rings. The van der Waals surface area contributed by atoms with E-state index in [1.807, 2.05) is 42.5 Å². The molecule has 24 heavy (non-hydrogen) atoms. The van der Waals surface area contributed by atoms with Crippen molar-refractivity contribution in [3.63, 3.8) is 0 Å². The molecule has 0 amide bonds. The summed E-state index contributed by atoms with van der Waals surface area (Å²) >= 11 is 1.31. The third-order valence-electron chi connectivity index (χ3n) is 3.49. The molecule has 0 saturated heterocycles. The Morgan fingerprint density at radius 2 is 2.17 bits per heavy atom. The monoisotopic (exact) mass is 336 g/mol. The lowest BCUT2D eigenvalue weighted by Crippen LogP contribution is -2.23. The van der Waals surface area contributed by atoms with Gasteiger partial charge in [-0.2, -0.15) is 9.50 Å². The van der Waals surface area contributed by atoms with Gasteiger partial charge in [0.15, 0.2) is 5.82 Å². The van der Waals surface area contributed by atoms with Crippen LogP contribution in [0.5, 0.6) is 5.75 Å². The third-order valence-corrected chi connectivity index (χ3v) is 4.45. The summed E-state index contributed by atoms with van der Waals surface area (Å²) in [6, 6.07) is 11.2. The van der Waals surface area contributed by atoms with Crippen LogP contribution in [0.25, 0.3) is 22.4 Å². The van der Waals surface area contributed by atoms with Gasteiger partial charge in [-0.15, -0.1) is 5.10 Å². The average molecular weight is 336 g/mol. The van der Waals surface area contributed by atoms with Crippen LogP contribution in [0.15, 0.2) is 53.6 Å². The summed E-state index contributed by atoms with van der Waals surface area (Å²) in [6.07, 6.45) is 5.17. The van der Waals surface area contributed by atoms with Crippen LogP contribution in [0, 0.1) is 0 Å². The second kappa shape index (κ2) is 5.86. The number of thiazole rings is 1. The second-order valence-electron chi connectivity index (χ2n) is 5.06. The van der Waals surface area contributed by atoms with E-state index in [2.05, 4.69) is 15.1 Å². The van der Waals surface area contributed by atoms with Crippen molar-refractivity contribution in [3.8, 4) is 17.1 Å². The van der Waals surface area contributed by atoms with Crippen molar-refractivity contribution in [2.24, 2.45) is 0 Å². The number of hydrogen-bond donors (Lipinski definition) is 0. The lowest BCUT2D eigenvalue weighted by Gasteiger charge is -1.99. The van der Waals surface area contributed by atoms with E-state index < -0.39 is 0 Å². The van der Waals surface area contributed by atoms with Gasteiger partial charge >= 0.3 is 0 Å². The van der Waals surface area contributed by atoms with Crippen molar-refractivity contribution in [2.45, 2.75) is 0 Å². The fourth-order valence-electron chi connectivity index (χ4n) is 2.33. The van der Waals surface area contributed by atoms with Crippen molar-refractivity contribution in [1.29, 1.82) is 0 Å². The Morgan fingerprint density at radius 3 is 2.92 bits per heavy atom. The van der Waals surface area contributed by atoms with Gasteiger partial charge in [0.2, 0.25) is 4.96 Å². The molecule has 3 aromatic heterocycles. The van der Waals surface area contributed by atoms with Crippen molar-refractivity contribution in [1.82, 2.24) is 19.6 Å². The molecule has 0 saturated carbocycles. The van der Waals surface area contributed by atoms with E-state index in [-0.39, 0.29) is 5.56 Å². The Morgan fingerprint density at radius 1 is 1.25 bits per heavy atom. The number of ether oxygens (including phenoxy) is 1. The van der Waals surface area contributed by atoms with Crippen molar-refractivity contribution >= 4 is 22.4 Å². The molecule has 4 aromatic rings. The topological polar surface area (TPSA) is 69.4 Å². The molecule has 0 unspecified atom stereocenters. The molecule has 1 aromatic carbocycles. The Labute approximate surface area is 140 Å². The van der Waals surface area contributed by atoms with Gasteiger partial charge in [0, 0.05) is 18.0 Å². The van der Waals surface area contributed by atoms with E-state index in [1.54, 1.807) is 19.5 Å². The first-order valence-corrected chi connectivity index (χ1v) is 8.02. The summed E-state index contributed by atoms with van der Waals surface area (Å²) in [5.41, 5.74) is 1.50. The molecular formula is C17H12N4O2S. The van der Waals surface area contributed by atoms with Gasteiger partial charge < -0.3 is 4.74 Å². The minimum Gasteiger partial charge on any atom is -0.497 e. The lowest BCUT2D eigenvalue weighted by molar-refractivity contribution is 0.414. The highest BCUT2D eigenvalue weighted by atomic mass is 32.1. The van der Waals surface area contributed by atoms with Crippen molar-refractivity contribution < 1.29 is 4.74 Å². The fourth-order valence-corrected chi connectivity index (χ4v) is 3.24. The summed E-state index contributed by atoms with van der Waals surface area (Å²) in [4.78, 5) is 21.6. The van der Waals surface area contributed by atoms with Gasteiger partial charge in [0.1, 0.15) is 5.75 Å². The number of aromatic nitrogens is 4. The number of benzene rings is 1. The predicted octanol–water partition coefficient (Wildman–Crippen LogP) is 1.77. The molecule has 7 heteroatoms. The zero-order valence-electron chi connectivity index (χ0n) is 12.7. The van der Waals surface area contributed by atoms with Crippen LogP contribution >= 0.6 is 11.3 Å². The van der Waals surface area contributed by atoms with Crippen LogP contribution in [-0.4, -0.2) is 26.7 Å². The molecular weight excluding hydrogens is 324 g/mol. The van der Waals surface area contributed by atoms with Crippen LogP contribution in [0.3, 0.4) is 0 Å². The highest BCUT2D eigenvalue weighted by Crippen LogP contribution is 2.15. The SMILES string of the molecule is COc1cccc(C=c2sc3nc(-c4cccnc4)nn3c2=O)c1. The van der Waals surface area contributed by atoms with Gasteiger partial charge in [-0.05, 0) is 35.9 Å². The fraction of sp³-hybridized carbons (Fsp3) is 0.0588. The first kappa shape index (κ1) is 14.5. The quantitative estimate of drug-likeness (QED) is 0.570. The van der Waals surface area contributed by atoms with Crippen LogP contribution in [0.4, 0.5) is 0 Å². The Balaban J connectivity index is 1.81. The van der Waals surface area contributed by atoms with Gasteiger partial charge in [0.05, 0.1) is 11.6 Å².